The summed E-state index contributed by atoms with van der Waals surface area (Å²) in [7, 11) is 1.57. The van der Waals surface area contributed by atoms with E-state index in [1.54, 1.807) is 31.4 Å². The highest BCUT2D eigenvalue weighted by atomic mass is 32.2. The summed E-state index contributed by atoms with van der Waals surface area (Å²) in [6.45, 7) is 0. The van der Waals surface area contributed by atoms with Gasteiger partial charge >= 0.3 is 0 Å². The molecule has 0 aliphatic rings. The van der Waals surface area contributed by atoms with Gasteiger partial charge in [-0.3, -0.25) is 4.79 Å². The number of ether oxygens (including phenoxy) is 1. The molecule has 3 aromatic rings. The molecule has 0 saturated carbocycles. The maximum Gasteiger partial charge on any atom is 0.277 e. The number of halogens is 2. The monoisotopic (exact) mass is 377 g/mol. The van der Waals surface area contributed by atoms with Gasteiger partial charge in [-0.25, -0.2) is 8.78 Å². The lowest BCUT2D eigenvalue weighted by molar-refractivity contribution is -0.113. The molecule has 1 amide bonds. The number of carbonyl (C=O) groups is 1. The number of nitrogens with one attached hydrogen (secondary N) is 1. The van der Waals surface area contributed by atoms with E-state index in [4.69, 9.17) is 9.15 Å². The fourth-order valence-corrected chi connectivity index (χ4v) is 2.59. The predicted molar refractivity (Wildman–Crippen MR) is 92.0 cm³/mol. The van der Waals surface area contributed by atoms with Gasteiger partial charge in [-0.05, 0) is 36.4 Å². The standard InChI is InChI=1S/C17H13F2N3O3S/c1-24-12-5-2-10(3-6-12)16-21-22-17(25-16)26-9-15(23)20-14-7-4-11(18)8-13(14)19/h2-8H,9H2,1H3,(H,20,23). The van der Waals surface area contributed by atoms with E-state index in [9.17, 15) is 13.6 Å². The minimum absolute atomic E-state index is 0.0684. The van der Waals surface area contributed by atoms with E-state index in [1.807, 2.05) is 0 Å². The zero-order valence-corrected chi connectivity index (χ0v) is 14.3. The van der Waals surface area contributed by atoms with Crippen LogP contribution in [0.25, 0.3) is 11.5 Å². The first-order valence-electron chi connectivity index (χ1n) is 7.41. The SMILES string of the molecule is COc1ccc(-c2nnc(SCC(=O)Nc3ccc(F)cc3F)o2)cc1. The molecule has 26 heavy (non-hydrogen) atoms. The van der Waals surface area contributed by atoms with Crippen molar-refractivity contribution in [2.75, 3.05) is 18.2 Å². The van der Waals surface area contributed by atoms with Gasteiger partial charge in [0.1, 0.15) is 17.4 Å². The second-order valence-corrected chi connectivity index (χ2v) is 5.99. The molecule has 1 aromatic heterocycles. The summed E-state index contributed by atoms with van der Waals surface area (Å²) >= 11 is 1.01. The number of aromatic nitrogens is 2. The molecule has 0 aliphatic carbocycles. The fourth-order valence-electron chi connectivity index (χ4n) is 2.02. The Morgan fingerprint density at radius 2 is 1.96 bits per heavy atom. The normalized spacial score (nSPS) is 10.6. The number of amides is 1. The van der Waals surface area contributed by atoms with E-state index in [2.05, 4.69) is 15.5 Å². The summed E-state index contributed by atoms with van der Waals surface area (Å²) in [5.41, 5.74) is 0.615. The third-order valence-electron chi connectivity index (χ3n) is 3.28. The Morgan fingerprint density at radius 3 is 2.65 bits per heavy atom. The third kappa shape index (κ3) is 4.37. The first-order chi connectivity index (χ1) is 12.5. The van der Waals surface area contributed by atoms with Crippen molar-refractivity contribution in [2.45, 2.75) is 5.22 Å². The van der Waals surface area contributed by atoms with Crippen LogP contribution in [0.15, 0.2) is 52.1 Å². The average molecular weight is 377 g/mol. The number of hydrogen-bond donors (Lipinski definition) is 1. The highest BCUT2D eigenvalue weighted by Crippen LogP contribution is 2.25. The van der Waals surface area contributed by atoms with Crippen molar-refractivity contribution in [3.8, 4) is 17.2 Å². The second kappa shape index (κ2) is 7.96. The molecule has 0 fully saturated rings. The third-order valence-corrected chi connectivity index (χ3v) is 4.09. The number of hydrogen-bond acceptors (Lipinski definition) is 6. The van der Waals surface area contributed by atoms with Crippen LogP contribution < -0.4 is 10.1 Å². The number of carbonyl (C=O) groups excluding carboxylic acids is 1. The Hall–Kier alpha value is -2.94. The Bertz CT molecular complexity index is 916. The van der Waals surface area contributed by atoms with Crippen LogP contribution in [0.5, 0.6) is 5.75 Å². The van der Waals surface area contributed by atoms with E-state index in [-0.39, 0.29) is 16.7 Å². The van der Waals surface area contributed by atoms with Crippen LogP contribution in [0, 0.1) is 11.6 Å². The van der Waals surface area contributed by atoms with Crippen LogP contribution in [-0.2, 0) is 4.79 Å². The van der Waals surface area contributed by atoms with Crippen molar-refractivity contribution in [2.24, 2.45) is 0 Å². The van der Waals surface area contributed by atoms with E-state index in [1.165, 1.54) is 0 Å². The van der Waals surface area contributed by atoms with Crippen molar-refractivity contribution < 1.29 is 22.7 Å². The van der Waals surface area contributed by atoms with Gasteiger partial charge in [0.05, 0.1) is 18.6 Å². The molecular weight excluding hydrogens is 364 g/mol. The Morgan fingerprint density at radius 1 is 1.19 bits per heavy atom. The number of benzene rings is 2. The van der Waals surface area contributed by atoms with Crippen LogP contribution in [-0.4, -0.2) is 29.0 Å². The highest BCUT2D eigenvalue weighted by molar-refractivity contribution is 7.99. The molecule has 1 N–H and O–H groups in total. The smallest absolute Gasteiger partial charge is 0.277 e. The topological polar surface area (TPSA) is 77.2 Å². The predicted octanol–water partition coefficient (Wildman–Crippen LogP) is 3.75. The van der Waals surface area contributed by atoms with Gasteiger partial charge in [-0.2, -0.15) is 0 Å². The lowest BCUT2D eigenvalue weighted by Crippen LogP contribution is -2.15. The molecule has 6 nitrogen and oxygen atoms in total. The first kappa shape index (κ1) is 17.9. The second-order valence-electron chi connectivity index (χ2n) is 5.06. The molecule has 2 aromatic carbocycles. The minimum atomic E-state index is -0.845. The van der Waals surface area contributed by atoms with Crippen molar-refractivity contribution in [1.29, 1.82) is 0 Å². The largest absolute Gasteiger partial charge is 0.497 e. The van der Waals surface area contributed by atoms with Gasteiger partial charge in [-0.15, -0.1) is 10.2 Å². The number of rotatable bonds is 6. The van der Waals surface area contributed by atoms with Crippen LogP contribution in [0.3, 0.4) is 0 Å². The molecule has 0 radical (unpaired) electrons. The summed E-state index contributed by atoms with van der Waals surface area (Å²) in [4.78, 5) is 11.9. The van der Waals surface area contributed by atoms with Gasteiger partial charge in [-0.1, -0.05) is 11.8 Å². The van der Waals surface area contributed by atoms with Crippen molar-refractivity contribution in [1.82, 2.24) is 10.2 Å². The van der Waals surface area contributed by atoms with E-state index >= 15 is 0 Å². The lowest BCUT2D eigenvalue weighted by Gasteiger charge is -2.05. The summed E-state index contributed by atoms with van der Waals surface area (Å²) in [5, 5.41) is 10.3. The van der Waals surface area contributed by atoms with Crippen LogP contribution in [0.1, 0.15) is 0 Å². The van der Waals surface area contributed by atoms with Crippen molar-refractivity contribution >= 4 is 23.4 Å². The Labute approximate surface area is 151 Å². The molecular formula is C17H13F2N3O3S. The molecule has 0 atom stereocenters. The van der Waals surface area contributed by atoms with Gasteiger partial charge < -0.3 is 14.5 Å². The Kier molecular flexibility index (Phi) is 5.47. The molecule has 134 valence electrons. The fraction of sp³-hybridized carbons (Fsp3) is 0.118. The summed E-state index contributed by atoms with van der Waals surface area (Å²) in [6, 6.07) is 9.97. The summed E-state index contributed by atoms with van der Waals surface area (Å²) in [5.74, 6) is -1.10. The van der Waals surface area contributed by atoms with Gasteiger partial charge in [0.25, 0.3) is 5.22 Å². The minimum Gasteiger partial charge on any atom is -0.497 e. The van der Waals surface area contributed by atoms with Crippen molar-refractivity contribution in [3.05, 3.63) is 54.1 Å². The first-order valence-corrected chi connectivity index (χ1v) is 8.39. The zero-order valence-electron chi connectivity index (χ0n) is 13.5. The van der Waals surface area contributed by atoms with Crippen LogP contribution >= 0.6 is 11.8 Å². The summed E-state index contributed by atoms with van der Waals surface area (Å²) < 4.78 is 36.9. The molecule has 0 spiro atoms. The molecule has 1 heterocycles. The van der Waals surface area contributed by atoms with E-state index in [0.717, 1.165) is 23.9 Å². The Balaban J connectivity index is 1.58. The summed E-state index contributed by atoms with van der Waals surface area (Å²) in [6.07, 6.45) is 0. The van der Waals surface area contributed by atoms with Gasteiger partial charge in [0.15, 0.2) is 0 Å². The van der Waals surface area contributed by atoms with E-state index in [0.29, 0.717) is 23.3 Å². The molecule has 0 bridgehead atoms. The number of anilines is 1. The molecule has 0 aliphatic heterocycles. The number of thioether (sulfide) groups is 1. The maximum atomic E-state index is 13.5. The van der Waals surface area contributed by atoms with Gasteiger partial charge in [0.2, 0.25) is 11.8 Å². The van der Waals surface area contributed by atoms with E-state index < -0.39 is 17.5 Å². The van der Waals surface area contributed by atoms with Gasteiger partial charge in [0, 0.05) is 11.6 Å². The van der Waals surface area contributed by atoms with Crippen molar-refractivity contribution in [3.63, 3.8) is 0 Å². The zero-order chi connectivity index (χ0) is 18.5. The van der Waals surface area contributed by atoms with Crippen LogP contribution in [0.2, 0.25) is 0 Å². The molecule has 3 rings (SSSR count). The lowest BCUT2D eigenvalue weighted by atomic mass is 10.2. The maximum absolute atomic E-state index is 13.5. The van der Waals surface area contributed by atoms with Crippen LogP contribution in [0.4, 0.5) is 14.5 Å². The molecule has 9 heteroatoms. The number of nitrogens with zero attached hydrogens (tertiary/aromatic N) is 2. The quantitative estimate of drug-likeness (QED) is 0.659. The number of methoxy groups -OCH3 is 1. The molecule has 0 saturated heterocycles. The average Bonchev–Trinajstić information content (AvgIpc) is 3.11. The highest BCUT2D eigenvalue weighted by Gasteiger charge is 2.13. The molecule has 0 unspecified atom stereocenters.